The summed E-state index contributed by atoms with van der Waals surface area (Å²) >= 11 is 1.28. The van der Waals surface area contributed by atoms with Crippen molar-refractivity contribution < 1.29 is 9.53 Å². The molecule has 30 heavy (non-hydrogen) atoms. The van der Waals surface area contributed by atoms with Crippen LogP contribution in [0.2, 0.25) is 0 Å². The number of hydrogen-bond acceptors (Lipinski definition) is 5. The minimum Gasteiger partial charge on any atom is -0.376 e. The lowest BCUT2D eigenvalue weighted by Crippen LogP contribution is -2.29. The quantitative estimate of drug-likeness (QED) is 0.480. The molecule has 3 aromatic rings. The third-order valence-electron chi connectivity index (χ3n) is 5.45. The molecule has 1 fully saturated rings. The van der Waals surface area contributed by atoms with E-state index in [1.165, 1.54) is 11.8 Å². The lowest BCUT2D eigenvalue weighted by molar-refractivity contribution is -0.113. The van der Waals surface area contributed by atoms with Crippen LogP contribution in [-0.4, -0.2) is 33.9 Å². The highest BCUT2D eigenvalue weighted by atomic mass is 32.2. The first-order valence-electron chi connectivity index (χ1n) is 10.1. The van der Waals surface area contributed by atoms with E-state index >= 15 is 0 Å². The van der Waals surface area contributed by atoms with Crippen molar-refractivity contribution in [3.05, 3.63) is 63.9 Å². The Morgan fingerprint density at radius 1 is 1.23 bits per heavy atom. The molecule has 1 aliphatic heterocycles. The fourth-order valence-electron chi connectivity index (χ4n) is 3.61. The lowest BCUT2D eigenvalue weighted by Gasteiger charge is -2.16. The SMILES string of the molecule is Cc1cccc(NC(=O)CSc2nc3ccccc3c(=O)n2C[C@@H]2CCCO2)c1C. The molecule has 0 radical (unpaired) electrons. The molecule has 7 heteroatoms. The predicted octanol–water partition coefficient (Wildman–Crippen LogP) is 3.92. The van der Waals surface area contributed by atoms with Crippen LogP contribution in [0.5, 0.6) is 0 Å². The molecule has 1 aromatic heterocycles. The number of benzene rings is 2. The van der Waals surface area contributed by atoms with Crippen molar-refractivity contribution >= 4 is 34.3 Å². The van der Waals surface area contributed by atoms with Crippen LogP contribution >= 0.6 is 11.8 Å². The lowest BCUT2D eigenvalue weighted by atomic mass is 10.1. The molecular formula is C23H25N3O3S. The molecule has 1 saturated heterocycles. The van der Waals surface area contributed by atoms with Gasteiger partial charge in [0.25, 0.3) is 5.56 Å². The zero-order valence-corrected chi connectivity index (χ0v) is 18.0. The molecule has 0 unspecified atom stereocenters. The van der Waals surface area contributed by atoms with Crippen LogP contribution in [0.4, 0.5) is 5.69 Å². The third-order valence-corrected chi connectivity index (χ3v) is 6.42. The second-order valence-electron chi connectivity index (χ2n) is 7.55. The average molecular weight is 424 g/mol. The van der Waals surface area contributed by atoms with Gasteiger partial charge in [-0.05, 0) is 56.0 Å². The van der Waals surface area contributed by atoms with E-state index in [-0.39, 0.29) is 23.3 Å². The highest BCUT2D eigenvalue weighted by molar-refractivity contribution is 7.99. The molecule has 0 spiro atoms. The number of thioether (sulfide) groups is 1. The van der Waals surface area contributed by atoms with E-state index in [1.54, 1.807) is 10.6 Å². The number of amides is 1. The van der Waals surface area contributed by atoms with Gasteiger partial charge in [0, 0.05) is 12.3 Å². The molecule has 2 aromatic carbocycles. The van der Waals surface area contributed by atoms with Crippen molar-refractivity contribution in [3.8, 4) is 0 Å². The molecule has 1 amide bonds. The van der Waals surface area contributed by atoms with Gasteiger partial charge in [-0.1, -0.05) is 36.0 Å². The number of anilines is 1. The molecule has 156 valence electrons. The number of carbonyl (C=O) groups excluding carboxylic acids is 1. The summed E-state index contributed by atoms with van der Waals surface area (Å²) in [5.74, 6) is 0.0451. The predicted molar refractivity (Wildman–Crippen MR) is 120 cm³/mol. The van der Waals surface area contributed by atoms with Crippen molar-refractivity contribution in [2.45, 2.75) is 44.5 Å². The van der Waals surface area contributed by atoms with Gasteiger partial charge in [0.2, 0.25) is 5.91 Å². The van der Waals surface area contributed by atoms with E-state index in [0.717, 1.165) is 36.3 Å². The number of carbonyl (C=O) groups is 1. The minimum atomic E-state index is -0.125. The van der Waals surface area contributed by atoms with Crippen LogP contribution in [0, 0.1) is 13.8 Å². The first-order valence-corrected chi connectivity index (χ1v) is 11.1. The maximum atomic E-state index is 13.1. The van der Waals surface area contributed by atoms with Crippen LogP contribution in [-0.2, 0) is 16.1 Å². The molecule has 0 bridgehead atoms. The Morgan fingerprint density at radius 2 is 2.07 bits per heavy atom. The maximum absolute atomic E-state index is 13.1. The Hall–Kier alpha value is -2.64. The summed E-state index contributed by atoms with van der Waals surface area (Å²) in [6.45, 7) is 5.18. The summed E-state index contributed by atoms with van der Waals surface area (Å²) in [4.78, 5) is 30.4. The molecule has 1 atom stereocenters. The van der Waals surface area contributed by atoms with Crippen LogP contribution in [0.3, 0.4) is 0 Å². The number of nitrogens with zero attached hydrogens (tertiary/aromatic N) is 2. The summed E-state index contributed by atoms with van der Waals surface area (Å²) in [5.41, 5.74) is 3.54. The van der Waals surface area contributed by atoms with Crippen molar-refractivity contribution in [1.29, 1.82) is 0 Å². The molecule has 1 N–H and O–H groups in total. The van der Waals surface area contributed by atoms with Crippen molar-refractivity contribution in [3.63, 3.8) is 0 Å². The first kappa shape index (κ1) is 20.6. The Labute approximate surface area is 179 Å². The molecule has 0 aliphatic carbocycles. The fourth-order valence-corrected chi connectivity index (χ4v) is 4.42. The standard InChI is InChI=1S/C23H25N3O3S/c1-15-7-5-11-19(16(15)2)24-21(27)14-30-23-25-20-10-4-3-9-18(20)22(28)26(23)13-17-8-6-12-29-17/h3-5,7,9-11,17H,6,8,12-14H2,1-2H3,(H,24,27)/t17-/m0/s1. The Morgan fingerprint density at radius 3 is 2.87 bits per heavy atom. The van der Waals surface area contributed by atoms with E-state index in [2.05, 4.69) is 10.3 Å². The van der Waals surface area contributed by atoms with E-state index < -0.39 is 0 Å². The Bertz CT molecular complexity index is 1140. The highest BCUT2D eigenvalue weighted by Crippen LogP contribution is 2.22. The molecule has 6 nitrogen and oxygen atoms in total. The summed E-state index contributed by atoms with van der Waals surface area (Å²) in [7, 11) is 0. The number of para-hydroxylation sites is 1. The van der Waals surface area contributed by atoms with Gasteiger partial charge in [-0.3, -0.25) is 14.2 Å². The zero-order valence-electron chi connectivity index (χ0n) is 17.2. The largest absolute Gasteiger partial charge is 0.376 e. The number of aromatic nitrogens is 2. The second-order valence-corrected chi connectivity index (χ2v) is 8.49. The Kier molecular flexibility index (Phi) is 6.20. The molecule has 2 heterocycles. The minimum absolute atomic E-state index is 0.00813. The first-order chi connectivity index (χ1) is 14.5. The maximum Gasteiger partial charge on any atom is 0.262 e. The van der Waals surface area contributed by atoms with E-state index in [1.807, 2.05) is 50.2 Å². The van der Waals surface area contributed by atoms with E-state index in [4.69, 9.17) is 4.74 Å². The van der Waals surface area contributed by atoms with Gasteiger partial charge >= 0.3 is 0 Å². The van der Waals surface area contributed by atoms with Gasteiger partial charge in [-0.25, -0.2) is 4.98 Å². The van der Waals surface area contributed by atoms with Gasteiger partial charge in [-0.2, -0.15) is 0 Å². The molecular weight excluding hydrogens is 398 g/mol. The highest BCUT2D eigenvalue weighted by Gasteiger charge is 2.20. The molecule has 0 saturated carbocycles. The number of aryl methyl sites for hydroxylation is 1. The smallest absolute Gasteiger partial charge is 0.262 e. The third kappa shape index (κ3) is 4.42. The molecule has 1 aliphatic rings. The van der Waals surface area contributed by atoms with Crippen LogP contribution in [0.15, 0.2) is 52.4 Å². The number of ether oxygens (including phenoxy) is 1. The van der Waals surface area contributed by atoms with Crippen LogP contribution in [0.25, 0.3) is 10.9 Å². The summed E-state index contributed by atoms with van der Waals surface area (Å²) in [6, 6.07) is 13.2. The van der Waals surface area contributed by atoms with Gasteiger partial charge in [0.05, 0.1) is 29.3 Å². The van der Waals surface area contributed by atoms with Crippen LogP contribution in [0.1, 0.15) is 24.0 Å². The normalized spacial score (nSPS) is 16.1. The van der Waals surface area contributed by atoms with Crippen molar-refractivity contribution in [2.75, 3.05) is 17.7 Å². The van der Waals surface area contributed by atoms with Gasteiger partial charge < -0.3 is 10.1 Å². The summed E-state index contributed by atoms with van der Waals surface area (Å²) in [5, 5.41) is 4.10. The fraction of sp³-hybridized carbons (Fsp3) is 0.348. The topological polar surface area (TPSA) is 73.2 Å². The van der Waals surface area contributed by atoms with Crippen molar-refractivity contribution in [1.82, 2.24) is 9.55 Å². The number of rotatable bonds is 6. The van der Waals surface area contributed by atoms with Gasteiger partial charge in [-0.15, -0.1) is 0 Å². The summed E-state index contributed by atoms with van der Waals surface area (Å²) in [6.07, 6.45) is 1.94. The number of hydrogen-bond donors (Lipinski definition) is 1. The van der Waals surface area contributed by atoms with Crippen LogP contribution < -0.4 is 10.9 Å². The number of fused-ring (bicyclic) bond motifs is 1. The van der Waals surface area contributed by atoms with Crippen molar-refractivity contribution in [2.24, 2.45) is 0 Å². The summed E-state index contributed by atoms with van der Waals surface area (Å²) < 4.78 is 7.39. The molecule has 4 rings (SSSR count). The van der Waals surface area contributed by atoms with E-state index in [9.17, 15) is 9.59 Å². The zero-order chi connectivity index (χ0) is 21.1. The van der Waals surface area contributed by atoms with E-state index in [0.29, 0.717) is 22.6 Å². The second kappa shape index (κ2) is 9.02. The van der Waals surface area contributed by atoms with Gasteiger partial charge in [0.1, 0.15) is 0 Å². The Balaban J connectivity index is 1.57. The average Bonchev–Trinajstić information content (AvgIpc) is 3.25. The monoisotopic (exact) mass is 423 g/mol. The number of nitrogens with one attached hydrogen (secondary N) is 1. The van der Waals surface area contributed by atoms with Gasteiger partial charge in [0.15, 0.2) is 5.16 Å².